The molecule has 3 rings (SSSR count). The zero-order chi connectivity index (χ0) is 17.8. The van der Waals surface area contributed by atoms with E-state index >= 15 is 0 Å². The fourth-order valence-electron chi connectivity index (χ4n) is 2.85. The third kappa shape index (κ3) is 4.21. The molecule has 0 N–H and O–H groups in total. The molecule has 1 saturated heterocycles. The summed E-state index contributed by atoms with van der Waals surface area (Å²) in [6.45, 7) is 1.68. The van der Waals surface area contributed by atoms with Crippen molar-refractivity contribution in [1.82, 2.24) is 9.80 Å². The first-order chi connectivity index (χ1) is 12.0. The third-order valence-corrected chi connectivity index (χ3v) is 4.26. The highest BCUT2D eigenvalue weighted by Gasteiger charge is 2.25. The van der Waals surface area contributed by atoms with Crippen molar-refractivity contribution < 1.29 is 18.4 Å². The summed E-state index contributed by atoms with van der Waals surface area (Å²) in [5.74, 6) is -1.06. The first kappa shape index (κ1) is 17.1. The van der Waals surface area contributed by atoms with Crippen LogP contribution in [0.15, 0.2) is 48.5 Å². The van der Waals surface area contributed by atoms with Crippen molar-refractivity contribution in [2.24, 2.45) is 0 Å². The Morgan fingerprint density at radius 3 is 2.12 bits per heavy atom. The summed E-state index contributed by atoms with van der Waals surface area (Å²) in [7, 11) is 0. The largest absolute Gasteiger partial charge is 0.339 e. The van der Waals surface area contributed by atoms with E-state index in [1.165, 1.54) is 30.3 Å². The average molecular weight is 344 g/mol. The van der Waals surface area contributed by atoms with Crippen LogP contribution in [-0.2, 0) is 11.2 Å². The molecular formula is C19H18F2N2O2. The molecule has 1 aliphatic heterocycles. The van der Waals surface area contributed by atoms with Crippen LogP contribution in [0.1, 0.15) is 15.9 Å². The SMILES string of the molecule is O=C(Cc1ccc(F)cc1)N1CCN(C(=O)c2cccc(F)c2)CC1. The zero-order valence-electron chi connectivity index (χ0n) is 13.6. The van der Waals surface area contributed by atoms with E-state index in [9.17, 15) is 18.4 Å². The number of amides is 2. The summed E-state index contributed by atoms with van der Waals surface area (Å²) < 4.78 is 26.2. The van der Waals surface area contributed by atoms with Gasteiger partial charge in [0.1, 0.15) is 11.6 Å². The van der Waals surface area contributed by atoms with Crippen LogP contribution < -0.4 is 0 Å². The van der Waals surface area contributed by atoms with Crippen LogP contribution in [0.3, 0.4) is 0 Å². The van der Waals surface area contributed by atoms with Gasteiger partial charge in [-0.15, -0.1) is 0 Å². The number of halogens is 2. The van der Waals surface area contributed by atoms with Crippen LogP contribution in [0, 0.1) is 11.6 Å². The van der Waals surface area contributed by atoms with Crippen LogP contribution in [0.25, 0.3) is 0 Å². The Hall–Kier alpha value is -2.76. The maximum atomic E-state index is 13.2. The van der Waals surface area contributed by atoms with Crippen molar-refractivity contribution >= 4 is 11.8 Å². The number of rotatable bonds is 3. The highest BCUT2D eigenvalue weighted by Crippen LogP contribution is 2.12. The van der Waals surface area contributed by atoms with Gasteiger partial charge >= 0.3 is 0 Å². The number of hydrogen-bond acceptors (Lipinski definition) is 2. The standard InChI is InChI=1S/C19H18F2N2O2/c20-16-6-4-14(5-7-16)12-18(24)22-8-10-23(11-9-22)19(25)15-2-1-3-17(21)13-15/h1-7,13H,8-12H2. The fourth-order valence-corrected chi connectivity index (χ4v) is 2.85. The molecule has 1 fully saturated rings. The van der Waals surface area contributed by atoms with Gasteiger partial charge in [0, 0.05) is 31.7 Å². The fraction of sp³-hybridized carbons (Fsp3) is 0.263. The van der Waals surface area contributed by atoms with E-state index in [1.54, 1.807) is 28.0 Å². The van der Waals surface area contributed by atoms with Gasteiger partial charge in [0.2, 0.25) is 5.91 Å². The second-order valence-corrected chi connectivity index (χ2v) is 5.99. The molecule has 0 radical (unpaired) electrons. The highest BCUT2D eigenvalue weighted by molar-refractivity contribution is 5.94. The number of carbonyl (C=O) groups is 2. The van der Waals surface area contributed by atoms with Gasteiger partial charge in [-0.2, -0.15) is 0 Å². The van der Waals surface area contributed by atoms with Gasteiger partial charge in [0.15, 0.2) is 0 Å². The van der Waals surface area contributed by atoms with Gasteiger partial charge < -0.3 is 9.80 Å². The lowest BCUT2D eigenvalue weighted by Gasteiger charge is -2.35. The Bertz CT molecular complexity index is 769. The Morgan fingerprint density at radius 1 is 0.840 bits per heavy atom. The molecule has 4 nitrogen and oxygen atoms in total. The normalized spacial score (nSPS) is 14.5. The molecule has 0 atom stereocenters. The van der Waals surface area contributed by atoms with Crippen molar-refractivity contribution in [1.29, 1.82) is 0 Å². The maximum absolute atomic E-state index is 13.2. The Kier molecular flexibility index (Phi) is 5.07. The molecule has 2 amide bonds. The van der Waals surface area contributed by atoms with Crippen LogP contribution in [0.5, 0.6) is 0 Å². The van der Waals surface area contributed by atoms with Gasteiger partial charge in [-0.25, -0.2) is 8.78 Å². The number of piperazine rings is 1. The topological polar surface area (TPSA) is 40.6 Å². The number of benzene rings is 2. The Morgan fingerprint density at radius 2 is 1.48 bits per heavy atom. The molecule has 0 unspecified atom stereocenters. The van der Waals surface area contributed by atoms with Crippen LogP contribution in [0.4, 0.5) is 8.78 Å². The highest BCUT2D eigenvalue weighted by atomic mass is 19.1. The first-order valence-electron chi connectivity index (χ1n) is 8.10. The van der Waals surface area contributed by atoms with Gasteiger partial charge in [0.25, 0.3) is 5.91 Å². The second kappa shape index (κ2) is 7.42. The van der Waals surface area contributed by atoms with Crippen molar-refractivity contribution in [2.45, 2.75) is 6.42 Å². The number of hydrogen-bond donors (Lipinski definition) is 0. The maximum Gasteiger partial charge on any atom is 0.254 e. The molecule has 2 aromatic carbocycles. The molecule has 6 heteroatoms. The van der Waals surface area contributed by atoms with Crippen molar-refractivity contribution in [3.8, 4) is 0 Å². The molecule has 0 bridgehead atoms. The predicted molar refractivity (Wildman–Crippen MR) is 89.0 cm³/mol. The molecular weight excluding hydrogens is 326 g/mol. The minimum Gasteiger partial charge on any atom is -0.339 e. The van der Waals surface area contributed by atoms with E-state index in [4.69, 9.17) is 0 Å². The van der Waals surface area contributed by atoms with Gasteiger partial charge in [-0.1, -0.05) is 18.2 Å². The molecule has 0 aliphatic carbocycles. The lowest BCUT2D eigenvalue weighted by Crippen LogP contribution is -2.51. The molecule has 0 saturated carbocycles. The monoisotopic (exact) mass is 344 g/mol. The van der Waals surface area contributed by atoms with E-state index in [1.807, 2.05) is 0 Å². The minimum atomic E-state index is -0.445. The smallest absolute Gasteiger partial charge is 0.254 e. The van der Waals surface area contributed by atoms with Crippen molar-refractivity contribution in [3.05, 3.63) is 71.3 Å². The number of carbonyl (C=O) groups excluding carboxylic acids is 2. The molecule has 2 aromatic rings. The molecule has 0 spiro atoms. The van der Waals surface area contributed by atoms with Gasteiger partial charge in [-0.3, -0.25) is 9.59 Å². The Labute approximate surface area is 144 Å². The molecule has 25 heavy (non-hydrogen) atoms. The average Bonchev–Trinajstić information content (AvgIpc) is 2.63. The molecule has 0 aromatic heterocycles. The lowest BCUT2D eigenvalue weighted by atomic mass is 10.1. The van der Waals surface area contributed by atoms with E-state index in [-0.39, 0.29) is 24.1 Å². The van der Waals surface area contributed by atoms with Gasteiger partial charge in [-0.05, 0) is 35.9 Å². The first-order valence-corrected chi connectivity index (χ1v) is 8.10. The predicted octanol–water partition coefficient (Wildman–Crippen LogP) is 2.49. The summed E-state index contributed by atoms with van der Waals surface area (Å²) in [5.41, 5.74) is 1.07. The van der Waals surface area contributed by atoms with E-state index in [2.05, 4.69) is 0 Å². The molecule has 1 aliphatic rings. The molecule has 130 valence electrons. The summed E-state index contributed by atoms with van der Waals surface area (Å²) in [5, 5.41) is 0. The van der Waals surface area contributed by atoms with E-state index in [0.717, 1.165) is 5.56 Å². The van der Waals surface area contributed by atoms with Crippen LogP contribution >= 0.6 is 0 Å². The van der Waals surface area contributed by atoms with E-state index in [0.29, 0.717) is 31.7 Å². The molecule has 1 heterocycles. The van der Waals surface area contributed by atoms with Crippen molar-refractivity contribution in [2.75, 3.05) is 26.2 Å². The summed E-state index contributed by atoms with van der Waals surface area (Å²) >= 11 is 0. The second-order valence-electron chi connectivity index (χ2n) is 5.99. The summed E-state index contributed by atoms with van der Waals surface area (Å²) in [6.07, 6.45) is 0.206. The van der Waals surface area contributed by atoms with Gasteiger partial charge in [0.05, 0.1) is 6.42 Å². The van der Waals surface area contributed by atoms with Crippen LogP contribution in [0.2, 0.25) is 0 Å². The summed E-state index contributed by atoms with van der Waals surface area (Å²) in [6, 6.07) is 11.4. The Balaban J connectivity index is 1.55. The summed E-state index contributed by atoms with van der Waals surface area (Å²) in [4.78, 5) is 28.0. The lowest BCUT2D eigenvalue weighted by molar-refractivity contribution is -0.131. The van der Waals surface area contributed by atoms with Crippen LogP contribution in [-0.4, -0.2) is 47.8 Å². The number of nitrogens with zero attached hydrogens (tertiary/aromatic N) is 2. The van der Waals surface area contributed by atoms with E-state index < -0.39 is 5.82 Å². The third-order valence-electron chi connectivity index (χ3n) is 4.26. The zero-order valence-corrected chi connectivity index (χ0v) is 13.6. The quantitative estimate of drug-likeness (QED) is 0.858. The van der Waals surface area contributed by atoms with Crippen molar-refractivity contribution in [3.63, 3.8) is 0 Å². The minimum absolute atomic E-state index is 0.0514.